The highest BCUT2D eigenvalue weighted by Crippen LogP contribution is 2.35. The lowest BCUT2D eigenvalue weighted by Crippen LogP contribution is -2.32. The Labute approximate surface area is 159 Å². The van der Waals surface area contributed by atoms with Gasteiger partial charge in [-0.3, -0.25) is 0 Å². The summed E-state index contributed by atoms with van der Waals surface area (Å²) in [6.45, 7) is 7.64. The maximum absolute atomic E-state index is 12.0. The van der Waals surface area contributed by atoms with Crippen molar-refractivity contribution in [3.63, 3.8) is 0 Å². The molecule has 2 heterocycles. The molecule has 1 aliphatic rings. The van der Waals surface area contributed by atoms with Crippen molar-refractivity contribution in [2.75, 3.05) is 11.6 Å². The van der Waals surface area contributed by atoms with Crippen LogP contribution in [-0.4, -0.2) is 6.73 Å². The second kappa shape index (κ2) is 7.10. The predicted octanol–water partition coefficient (Wildman–Crippen LogP) is 5.23. The van der Waals surface area contributed by atoms with Crippen LogP contribution in [0.4, 0.5) is 5.69 Å². The summed E-state index contributed by atoms with van der Waals surface area (Å²) < 4.78 is 11.6. The summed E-state index contributed by atoms with van der Waals surface area (Å²) in [6, 6.07) is 14.2. The van der Waals surface area contributed by atoms with Gasteiger partial charge in [0.25, 0.3) is 0 Å². The standard InChI is InChI=1S/C23H25NO3/c1-4-15(3)17-6-8-18(9-7-17)24-13-20-21(26-14-24)11-10-19-16(5-2)12-22(25)27-23(19)20/h6-12,15H,4-5,13-14H2,1-3H3/t15-/m0/s1. The van der Waals surface area contributed by atoms with Crippen LogP contribution < -0.4 is 15.3 Å². The molecule has 0 N–H and O–H groups in total. The number of benzene rings is 2. The summed E-state index contributed by atoms with van der Waals surface area (Å²) in [7, 11) is 0. The van der Waals surface area contributed by atoms with Crippen LogP contribution in [0.2, 0.25) is 0 Å². The fourth-order valence-corrected chi connectivity index (χ4v) is 3.71. The largest absolute Gasteiger partial charge is 0.473 e. The van der Waals surface area contributed by atoms with Crippen LogP contribution in [0.1, 0.15) is 49.8 Å². The number of hydrogen-bond acceptors (Lipinski definition) is 4. The van der Waals surface area contributed by atoms with Gasteiger partial charge in [-0.2, -0.15) is 0 Å². The summed E-state index contributed by atoms with van der Waals surface area (Å²) in [5.74, 6) is 1.36. The number of anilines is 1. The Morgan fingerprint density at radius 1 is 1.11 bits per heavy atom. The van der Waals surface area contributed by atoms with Gasteiger partial charge in [0, 0.05) is 17.1 Å². The highest BCUT2D eigenvalue weighted by Gasteiger charge is 2.22. The minimum absolute atomic E-state index is 0.303. The smallest absolute Gasteiger partial charge is 0.336 e. The Kier molecular flexibility index (Phi) is 4.65. The quantitative estimate of drug-likeness (QED) is 0.596. The molecule has 0 aliphatic carbocycles. The van der Waals surface area contributed by atoms with Gasteiger partial charge in [0.2, 0.25) is 0 Å². The van der Waals surface area contributed by atoms with Crippen molar-refractivity contribution in [1.82, 2.24) is 0 Å². The van der Waals surface area contributed by atoms with Crippen LogP contribution in [0, 0.1) is 0 Å². The van der Waals surface area contributed by atoms with Crippen molar-refractivity contribution in [3.8, 4) is 5.75 Å². The zero-order chi connectivity index (χ0) is 19.0. The molecule has 4 nitrogen and oxygen atoms in total. The molecule has 1 atom stereocenters. The lowest BCUT2D eigenvalue weighted by atomic mass is 9.98. The summed E-state index contributed by atoms with van der Waals surface area (Å²) in [5.41, 5.74) is 4.76. The Morgan fingerprint density at radius 2 is 1.89 bits per heavy atom. The van der Waals surface area contributed by atoms with Gasteiger partial charge in [0.15, 0.2) is 6.73 Å². The Hall–Kier alpha value is -2.75. The van der Waals surface area contributed by atoms with Gasteiger partial charge < -0.3 is 14.1 Å². The molecule has 2 aromatic carbocycles. The van der Waals surface area contributed by atoms with Gasteiger partial charge in [-0.1, -0.05) is 32.9 Å². The van der Waals surface area contributed by atoms with Crippen LogP contribution in [0.25, 0.3) is 11.0 Å². The molecule has 0 unspecified atom stereocenters. The van der Waals surface area contributed by atoms with Crippen molar-refractivity contribution in [2.24, 2.45) is 0 Å². The molecule has 0 bridgehead atoms. The molecular weight excluding hydrogens is 338 g/mol. The zero-order valence-electron chi connectivity index (χ0n) is 16.1. The molecule has 3 aromatic rings. The van der Waals surface area contributed by atoms with Crippen molar-refractivity contribution < 1.29 is 9.15 Å². The van der Waals surface area contributed by atoms with E-state index in [2.05, 4.69) is 49.9 Å². The van der Waals surface area contributed by atoms with E-state index in [1.807, 2.05) is 12.1 Å². The fraction of sp³-hybridized carbons (Fsp3) is 0.348. The minimum Gasteiger partial charge on any atom is -0.473 e. The van der Waals surface area contributed by atoms with Crippen LogP contribution in [0.5, 0.6) is 5.75 Å². The average molecular weight is 363 g/mol. The van der Waals surface area contributed by atoms with E-state index in [4.69, 9.17) is 9.15 Å². The molecule has 0 radical (unpaired) electrons. The van der Waals surface area contributed by atoms with E-state index in [-0.39, 0.29) is 5.63 Å². The highest BCUT2D eigenvalue weighted by molar-refractivity contribution is 5.85. The lowest BCUT2D eigenvalue weighted by Gasteiger charge is -2.31. The molecule has 0 amide bonds. The molecule has 140 valence electrons. The SMILES string of the molecule is CCc1cc(=O)oc2c3c(ccc12)OCN(c1ccc([C@@H](C)CC)cc1)C3. The fourth-order valence-electron chi connectivity index (χ4n) is 3.71. The molecule has 27 heavy (non-hydrogen) atoms. The number of fused-ring (bicyclic) bond motifs is 3. The van der Waals surface area contributed by atoms with Gasteiger partial charge in [0.1, 0.15) is 11.3 Å². The van der Waals surface area contributed by atoms with E-state index in [1.165, 1.54) is 5.56 Å². The predicted molar refractivity (Wildman–Crippen MR) is 109 cm³/mol. The summed E-state index contributed by atoms with van der Waals surface area (Å²) >= 11 is 0. The van der Waals surface area contributed by atoms with Gasteiger partial charge in [-0.15, -0.1) is 0 Å². The molecule has 4 heteroatoms. The zero-order valence-corrected chi connectivity index (χ0v) is 16.1. The van der Waals surface area contributed by atoms with Crippen LogP contribution in [-0.2, 0) is 13.0 Å². The number of hydrogen-bond donors (Lipinski definition) is 0. The Balaban J connectivity index is 1.72. The first-order valence-electron chi connectivity index (χ1n) is 9.67. The first kappa shape index (κ1) is 17.7. The van der Waals surface area contributed by atoms with Crippen molar-refractivity contribution >= 4 is 16.7 Å². The Morgan fingerprint density at radius 3 is 2.59 bits per heavy atom. The first-order chi connectivity index (χ1) is 13.1. The molecule has 1 aliphatic heterocycles. The Bertz CT molecular complexity index is 1020. The monoisotopic (exact) mass is 363 g/mol. The number of ether oxygens (including phenoxy) is 1. The molecule has 1 aromatic heterocycles. The molecule has 0 fully saturated rings. The number of aryl methyl sites for hydroxylation is 1. The molecule has 0 spiro atoms. The van der Waals surface area contributed by atoms with E-state index in [0.29, 0.717) is 24.8 Å². The molecule has 4 rings (SSSR count). The highest BCUT2D eigenvalue weighted by atomic mass is 16.5. The van der Waals surface area contributed by atoms with E-state index >= 15 is 0 Å². The second-order valence-electron chi connectivity index (χ2n) is 7.24. The van der Waals surface area contributed by atoms with Crippen molar-refractivity contribution in [1.29, 1.82) is 0 Å². The maximum atomic E-state index is 12.0. The van der Waals surface area contributed by atoms with Crippen LogP contribution in [0.15, 0.2) is 51.7 Å². The average Bonchev–Trinajstić information content (AvgIpc) is 2.72. The number of nitrogens with zero attached hydrogens (tertiary/aromatic N) is 1. The summed E-state index contributed by atoms with van der Waals surface area (Å²) in [4.78, 5) is 14.2. The van der Waals surface area contributed by atoms with Gasteiger partial charge in [-0.25, -0.2) is 4.79 Å². The van der Waals surface area contributed by atoms with Gasteiger partial charge in [0.05, 0.1) is 12.1 Å². The maximum Gasteiger partial charge on any atom is 0.336 e. The minimum atomic E-state index is -0.303. The van der Waals surface area contributed by atoms with E-state index < -0.39 is 0 Å². The second-order valence-corrected chi connectivity index (χ2v) is 7.24. The van der Waals surface area contributed by atoms with Crippen molar-refractivity contribution in [2.45, 2.75) is 46.1 Å². The molecule has 0 saturated heterocycles. The van der Waals surface area contributed by atoms with E-state index in [1.54, 1.807) is 6.07 Å². The van der Waals surface area contributed by atoms with E-state index in [0.717, 1.165) is 40.8 Å². The first-order valence-corrected chi connectivity index (χ1v) is 9.67. The van der Waals surface area contributed by atoms with E-state index in [9.17, 15) is 4.79 Å². The molecule has 0 saturated carbocycles. The van der Waals surface area contributed by atoms with Gasteiger partial charge >= 0.3 is 5.63 Å². The summed E-state index contributed by atoms with van der Waals surface area (Å²) in [5, 5.41) is 0.994. The van der Waals surface area contributed by atoms with Gasteiger partial charge in [-0.05, 0) is 54.2 Å². The van der Waals surface area contributed by atoms with Crippen LogP contribution >= 0.6 is 0 Å². The van der Waals surface area contributed by atoms with Crippen molar-refractivity contribution in [3.05, 3.63) is 69.6 Å². The lowest BCUT2D eigenvalue weighted by molar-refractivity contribution is 0.289. The molecular formula is C23H25NO3. The normalized spacial score (nSPS) is 14.7. The third-order valence-corrected chi connectivity index (χ3v) is 5.60. The third kappa shape index (κ3) is 3.20. The third-order valence-electron chi connectivity index (χ3n) is 5.60. The number of rotatable bonds is 4. The van der Waals surface area contributed by atoms with Crippen LogP contribution in [0.3, 0.4) is 0 Å². The summed E-state index contributed by atoms with van der Waals surface area (Å²) in [6.07, 6.45) is 1.92. The topological polar surface area (TPSA) is 42.7 Å².